The fraction of sp³-hybridized carbons (Fsp3) is 0.200. The molecule has 0 unspecified atom stereocenters. The number of nitro groups is 1. The summed E-state index contributed by atoms with van der Waals surface area (Å²) in [5.41, 5.74) is 0.731. The van der Waals surface area contributed by atoms with Gasteiger partial charge in [0, 0.05) is 18.2 Å². The first-order valence-electron chi connectivity index (χ1n) is 4.95. The van der Waals surface area contributed by atoms with E-state index < -0.39 is 4.92 Å². The van der Waals surface area contributed by atoms with Gasteiger partial charge < -0.3 is 9.84 Å². The van der Waals surface area contributed by atoms with E-state index in [-0.39, 0.29) is 5.69 Å². The van der Waals surface area contributed by atoms with E-state index in [0.717, 1.165) is 0 Å². The minimum absolute atomic E-state index is 0.105. The van der Waals surface area contributed by atoms with Crippen molar-refractivity contribution in [2.45, 2.75) is 13.1 Å². The molecule has 0 atom stereocenters. The highest BCUT2D eigenvalue weighted by molar-refractivity contribution is 5.39. The van der Waals surface area contributed by atoms with E-state index in [0.29, 0.717) is 24.5 Å². The Labute approximate surface area is 96.6 Å². The van der Waals surface area contributed by atoms with Crippen LogP contribution in [0.5, 0.6) is 0 Å². The standard InChI is InChI=1S/C10H10N4O3/c15-14(16)9-4-2-1-3-8(9)5-11-6-10-12-7-17-13-10/h1-4,7,11H,5-6H2. The maximum absolute atomic E-state index is 10.8. The number of hydrogen-bond donors (Lipinski definition) is 1. The molecule has 0 amide bonds. The smallest absolute Gasteiger partial charge is 0.273 e. The first kappa shape index (κ1) is 11.2. The Balaban J connectivity index is 1.97. The SMILES string of the molecule is O=[N+]([O-])c1ccccc1CNCc1ncon1. The monoisotopic (exact) mass is 234 g/mol. The van der Waals surface area contributed by atoms with E-state index in [1.807, 2.05) is 0 Å². The Morgan fingerprint density at radius 3 is 2.88 bits per heavy atom. The lowest BCUT2D eigenvalue weighted by Crippen LogP contribution is -2.14. The molecule has 0 radical (unpaired) electrons. The zero-order valence-electron chi connectivity index (χ0n) is 8.87. The highest BCUT2D eigenvalue weighted by Gasteiger charge is 2.11. The fourth-order valence-electron chi connectivity index (χ4n) is 1.42. The molecule has 1 N–H and O–H groups in total. The van der Waals surface area contributed by atoms with Gasteiger partial charge in [0.05, 0.1) is 11.5 Å². The van der Waals surface area contributed by atoms with Crippen molar-refractivity contribution in [1.29, 1.82) is 0 Å². The highest BCUT2D eigenvalue weighted by Crippen LogP contribution is 2.17. The number of nitro benzene ring substituents is 1. The largest absolute Gasteiger partial charge is 0.343 e. The van der Waals surface area contributed by atoms with Crippen LogP contribution in [0.25, 0.3) is 0 Å². The molecule has 0 saturated heterocycles. The summed E-state index contributed by atoms with van der Waals surface area (Å²) in [5.74, 6) is 0.517. The molecular formula is C10H10N4O3. The van der Waals surface area contributed by atoms with Gasteiger partial charge in [-0.1, -0.05) is 23.4 Å². The van der Waals surface area contributed by atoms with Gasteiger partial charge in [-0.2, -0.15) is 4.98 Å². The number of hydrogen-bond acceptors (Lipinski definition) is 6. The van der Waals surface area contributed by atoms with Crippen LogP contribution in [0.4, 0.5) is 5.69 Å². The Kier molecular flexibility index (Phi) is 3.41. The molecule has 0 saturated carbocycles. The molecule has 88 valence electrons. The van der Waals surface area contributed by atoms with Gasteiger partial charge in [-0.3, -0.25) is 10.1 Å². The van der Waals surface area contributed by atoms with E-state index in [4.69, 9.17) is 0 Å². The predicted molar refractivity (Wildman–Crippen MR) is 57.9 cm³/mol. The Morgan fingerprint density at radius 2 is 2.18 bits per heavy atom. The lowest BCUT2D eigenvalue weighted by molar-refractivity contribution is -0.385. The Hall–Kier alpha value is -2.28. The van der Waals surface area contributed by atoms with E-state index in [2.05, 4.69) is 20.0 Å². The topological polar surface area (TPSA) is 94.1 Å². The third kappa shape index (κ3) is 2.85. The van der Waals surface area contributed by atoms with Crippen molar-refractivity contribution in [3.63, 3.8) is 0 Å². The number of nitrogens with one attached hydrogen (secondary N) is 1. The summed E-state index contributed by atoms with van der Waals surface area (Å²) in [6.07, 6.45) is 1.24. The molecule has 1 heterocycles. The number of rotatable bonds is 5. The molecule has 0 aliphatic carbocycles. The molecule has 17 heavy (non-hydrogen) atoms. The van der Waals surface area contributed by atoms with Crippen LogP contribution >= 0.6 is 0 Å². The summed E-state index contributed by atoms with van der Waals surface area (Å²) in [6.45, 7) is 0.786. The summed E-state index contributed by atoms with van der Waals surface area (Å²) in [4.78, 5) is 14.2. The van der Waals surface area contributed by atoms with Gasteiger partial charge in [-0.15, -0.1) is 0 Å². The molecule has 1 aromatic heterocycles. The highest BCUT2D eigenvalue weighted by atomic mass is 16.6. The van der Waals surface area contributed by atoms with Crippen LogP contribution in [-0.4, -0.2) is 15.1 Å². The van der Waals surface area contributed by atoms with Gasteiger partial charge in [-0.25, -0.2) is 0 Å². The maximum atomic E-state index is 10.8. The van der Waals surface area contributed by atoms with Gasteiger partial charge in [0.25, 0.3) is 5.69 Å². The molecule has 0 fully saturated rings. The molecule has 1 aromatic carbocycles. The molecule has 7 nitrogen and oxygen atoms in total. The number of aromatic nitrogens is 2. The third-order valence-electron chi connectivity index (χ3n) is 2.19. The van der Waals surface area contributed by atoms with Crippen LogP contribution in [-0.2, 0) is 13.1 Å². The lowest BCUT2D eigenvalue weighted by atomic mass is 10.2. The van der Waals surface area contributed by atoms with Crippen LogP contribution in [0.3, 0.4) is 0 Å². The zero-order valence-corrected chi connectivity index (χ0v) is 8.87. The average Bonchev–Trinajstić information content (AvgIpc) is 2.82. The van der Waals surface area contributed by atoms with Crippen molar-refractivity contribution in [3.05, 3.63) is 52.2 Å². The van der Waals surface area contributed by atoms with Crippen molar-refractivity contribution in [3.8, 4) is 0 Å². The fourth-order valence-corrected chi connectivity index (χ4v) is 1.42. The average molecular weight is 234 g/mol. The van der Waals surface area contributed by atoms with Crippen LogP contribution in [0.15, 0.2) is 35.2 Å². The van der Waals surface area contributed by atoms with Gasteiger partial charge in [0.2, 0.25) is 6.39 Å². The van der Waals surface area contributed by atoms with Crippen molar-refractivity contribution in [2.24, 2.45) is 0 Å². The quantitative estimate of drug-likeness (QED) is 0.618. The van der Waals surface area contributed by atoms with E-state index >= 15 is 0 Å². The maximum Gasteiger partial charge on any atom is 0.273 e. The van der Waals surface area contributed by atoms with E-state index in [1.165, 1.54) is 12.5 Å². The van der Waals surface area contributed by atoms with Gasteiger partial charge in [0.1, 0.15) is 0 Å². The van der Waals surface area contributed by atoms with Gasteiger partial charge in [0.15, 0.2) is 5.82 Å². The Bertz CT molecular complexity index is 498. The van der Waals surface area contributed by atoms with Crippen LogP contribution < -0.4 is 5.32 Å². The second-order valence-electron chi connectivity index (χ2n) is 3.34. The molecule has 0 aliphatic heterocycles. The van der Waals surface area contributed by atoms with Crippen molar-refractivity contribution >= 4 is 5.69 Å². The molecule has 2 aromatic rings. The molecule has 0 spiro atoms. The van der Waals surface area contributed by atoms with Gasteiger partial charge >= 0.3 is 0 Å². The summed E-state index contributed by atoms with van der Waals surface area (Å²) in [7, 11) is 0. The van der Waals surface area contributed by atoms with Crippen molar-refractivity contribution in [2.75, 3.05) is 0 Å². The number of nitrogens with zero attached hydrogens (tertiary/aromatic N) is 3. The molecular weight excluding hydrogens is 224 g/mol. The van der Waals surface area contributed by atoms with E-state index in [1.54, 1.807) is 18.2 Å². The first-order chi connectivity index (χ1) is 8.27. The summed E-state index contributed by atoms with van der Waals surface area (Å²) >= 11 is 0. The molecule has 2 rings (SSSR count). The summed E-state index contributed by atoms with van der Waals surface area (Å²) in [5, 5.41) is 17.4. The second kappa shape index (κ2) is 5.17. The lowest BCUT2D eigenvalue weighted by Gasteiger charge is -2.03. The van der Waals surface area contributed by atoms with Crippen molar-refractivity contribution in [1.82, 2.24) is 15.5 Å². The van der Waals surface area contributed by atoms with Crippen LogP contribution in [0, 0.1) is 10.1 Å². The molecule has 0 aliphatic rings. The molecule has 7 heteroatoms. The number of para-hydroxylation sites is 1. The minimum atomic E-state index is -0.397. The summed E-state index contributed by atoms with van der Waals surface area (Å²) in [6, 6.07) is 6.59. The first-order valence-corrected chi connectivity index (χ1v) is 4.95. The second-order valence-corrected chi connectivity index (χ2v) is 3.34. The normalized spacial score (nSPS) is 10.4. The minimum Gasteiger partial charge on any atom is -0.343 e. The van der Waals surface area contributed by atoms with Gasteiger partial charge in [-0.05, 0) is 0 Å². The number of benzene rings is 1. The van der Waals surface area contributed by atoms with Crippen molar-refractivity contribution < 1.29 is 9.45 Å². The third-order valence-corrected chi connectivity index (χ3v) is 2.19. The van der Waals surface area contributed by atoms with Crippen LogP contribution in [0.1, 0.15) is 11.4 Å². The van der Waals surface area contributed by atoms with Crippen LogP contribution in [0.2, 0.25) is 0 Å². The Morgan fingerprint density at radius 1 is 1.35 bits per heavy atom. The van der Waals surface area contributed by atoms with E-state index in [9.17, 15) is 10.1 Å². The summed E-state index contributed by atoms with van der Waals surface area (Å²) < 4.78 is 4.57. The molecule has 0 bridgehead atoms. The predicted octanol–water partition coefficient (Wildman–Crippen LogP) is 1.27. The zero-order chi connectivity index (χ0) is 12.1.